The molecular formula is C16H17NO3. The molecule has 0 fully saturated rings. The summed E-state index contributed by atoms with van der Waals surface area (Å²) in [5.41, 5.74) is 1.13. The minimum Gasteiger partial charge on any atom is -0.486 e. The maximum atomic E-state index is 11.6. The second kappa shape index (κ2) is 6.61. The van der Waals surface area contributed by atoms with Crippen molar-refractivity contribution in [2.45, 2.75) is 13.5 Å². The number of furan rings is 1. The molecule has 1 aromatic heterocycles. The zero-order valence-electron chi connectivity index (χ0n) is 11.4. The van der Waals surface area contributed by atoms with E-state index in [0.717, 1.165) is 11.3 Å². The highest BCUT2D eigenvalue weighted by Crippen LogP contribution is 2.15. The lowest BCUT2D eigenvalue weighted by molar-refractivity contribution is 0.0926. The molecule has 2 aromatic rings. The maximum Gasteiger partial charge on any atom is 0.287 e. The van der Waals surface area contributed by atoms with Gasteiger partial charge in [-0.2, -0.15) is 0 Å². The van der Waals surface area contributed by atoms with Crippen LogP contribution in [-0.4, -0.2) is 12.5 Å². The van der Waals surface area contributed by atoms with E-state index in [9.17, 15) is 4.79 Å². The molecule has 4 heteroatoms. The lowest BCUT2D eigenvalue weighted by Gasteiger charge is -2.04. The normalized spacial score (nSPS) is 10.1. The highest BCUT2D eigenvalue weighted by Gasteiger charge is 2.10. The Morgan fingerprint density at radius 2 is 2.25 bits per heavy atom. The van der Waals surface area contributed by atoms with Crippen molar-refractivity contribution in [3.63, 3.8) is 0 Å². The van der Waals surface area contributed by atoms with Crippen LogP contribution < -0.4 is 10.1 Å². The van der Waals surface area contributed by atoms with E-state index in [1.54, 1.807) is 18.2 Å². The van der Waals surface area contributed by atoms with E-state index in [1.165, 1.54) is 0 Å². The van der Waals surface area contributed by atoms with Gasteiger partial charge >= 0.3 is 0 Å². The summed E-state index contributed by atoms with van der Waals surface area (Å²) in [6.07, 6.45) is 1.61. The first-order valence-corrected chi connectivity index (χ1v) is 6.36. The van der Waals surface area contributed by atoms with Crippen molar-refractivity contribution in [1.82, 2.24) is 5.32 Å². The van der Waals surface area contributed by atoms with Gasteiger partial charge in [0.2, 0.25) is 0 Å². The molecule has 0 aliphatic rings. The SMILES string of the molecule is C=CCNC(=O)c1ccc(COc2cccc(C)c2)o1. The first-order valence-electron chi connectivity index (χ1n) is 6.36. The fraction of sp³-hybridized carbons (Fsp3) is 0.188. The summed E-state index contributed by atoms with van der Waals surface area (Å²) in [4.78, 5) is 11.6. The summed E-state index contributed by atoms with van der Waals surface area (Å²) in [6, 6.07) is 11.1. The first-order chi connectivity index (χ1) is 9.69. The average molecular weight is 271 g/mol. The van der Waals surface area contributed by atoms with E-state index in [0.29, 0.717) is 12.3 Å². The number of nitrogens with one attached hydrogen (secondary N) is 1. The van der Waals surface area contributed by atoms with Crippen molar-refractivity contribution >= 4 is 5.91 Å². The summed E-state index contributed by atoms with van der Waals surface area (Å²) in [6.45, 7) is 6.24. The summed E-state index contributed by atoms with van der Waals surface area (Å²) >= 11 is 0. The van der Waals surface area contributed by atoms with Crippen LogP contribution >= 0.6 is 0 Å². The number of ether oxygens (including phenoxy) is 1. The molecule has 1 heterocycles. The van der Waals surface area contributed by atoms with Crippen LogP contribution in [0.15, 0.2) is 53.5 Å². The van der Waals surface area contributed by atoms with Crippen LogP contribution in [0.4, 0.5) is 0 Å². The van der Waals surface area contributed by atoms with Gasteiger partial charge < -0.3 is 14.5 Å². The number of carbonyl (C=O) groups is 1. The zero-order valence-corrected chi connectivity index (χ0v) is 11.4. The Morgan fingerprint density at radius 1 is 1.40 bits per heavy atom. The van der Waals surface area contributed by atoms with Gasteiger partial charge in [-0.1, -0.05) is 18.2 Å². The summed E-state index contributed by atoms with van der Waals surface area (Å²) in [5, 5.41) is 2.65. The summed E-state index contributed by atoms with van der Waals surface area (Å²) in [5.74, 6) is 1.40. The smallest absolute Gasteiger partial charge is 0.287 e. The minimum absolute atomic E-state index is 0.258. The number of hydrogen-bond donors (Lipinski definition) is 1. The molecule has 0 saturated carbocycles. The quantitative estimate of drug-likeness (QED) is 0.821. The van der Waals surface area contributed by atoms with Crippen molar-refractivity contribution in [2.24, 2.45) is 0 Å². The first kappa shape index (κ1) is 13.9. The van der Waals surface area contributed by atoms with Crippen molar-refractivity contribution in [3.8, 4) is 5.75 Å². The Bertz CT molecular complexity index is 601. The van der Waals surface area contributed by atoms with Gasteiger partial charge in [-0.25, -0.2) is 0 Å². The average Bonchev–Trinajstić information content (AvgIpc) is 2.91. The summed E-state index contributed by atoms with van der Waals surface area (Å²) < 4.78 is 11.0. The summed E-state index contributed by atoms with van der Waals surface area (Å²) in [7, 11) is 0. The highest BCUT2D eigenvalue weighted by atomic mass is 16.5. The predicted octanol–water partition coefficient (Wildman–Crippen LogP) is 3.08. The van der Waals surface area contributed by atoms with E-state index < -0.39 is 0 Å². The molecule has 0 aliphatic heterocycles. The van der Waals surface area contributed by atoms with Gasteiger partial charge in [0.05, 0.1) is 0 Å². The number of carbonyl (C=O) groups excluding carboxylic acids is 1. The third-order valence-corrected chi connectivity index (χ3v) is 2.66. The number of benzene rings is 1. The maximum absolute atomic E-state index is 11.6. The molecule has 0 atom stereocenters. The molecule has 104 valence electrons. The van der Waals surface area contributed by atoms with Crippen LogP contribution in [0.5, 0.6) is 5.75 Å². The Kier molecular flexibility index (Phi) is 4.60. The molecule has 0 saturated heterocycles. The predicted molar refractivity (Wildman–Crippen MR) is 76.7 cm³/mol. The van der Waals surface area contributed by atoms with E-state index in [-0.39, 0.29) is 18.3 Å². The van der Waals surface area contributed by atoms with Gasteiger partial charge in [0.25, 0.3) is 5.91 Å². The zero-order chi connectivity index (χ0) is 14.4. The second-order valence-corrected chi connectivity index (χ2v) is 4.37. The Morgan fingerprint density at radius 3 is 3.00 bits per heavy atom. The van der Waals surface area contributed by atoms with E-state index in [2.05, 4.69) is 11.9 Å². The monoisotopic (exact) mass is 271 g/mol. The van der Waals surface area contributed by atoms with E-state index in [4.69, 9.17) is 9.15 Å². The highest BCUT2D eigenvalue weighted by molar-refractivity contribution is 5.91. The Balaban J connectivity index is 1.92. The Labute approximate surface area is 118 Å². The van der Waals surface area contributed by atoms with Gasteiger partial charge in [0, 0.05) is 6.54 Å². The van der Waals surface area contributed by atoms with Crippen LogP contribution in [0.1, 0.15) is 21.9 Å². The molecule has 1 aromatic carbocycles. The third-order valence-electron chi connectivity index (χ3n) is 2.66. The standard InChI is InChI=1S/C16H17NO3/c1-3-9-17-16(18)15-8-7-14(20-15)11-19-13-6-4-5-12(2)10-13/h3-8,10H,1,9,11H2,2H3,(H,17,18). The van der Waals surface area contributed by atoms with Crippen LogP contribution in [0.3, 0.4) is 0 Å². The molecule has 1 amide bonds. The van der Waals surface area contributed by atoms with Crippen molar-refractivity contribution in [3.05, 3.63) is 66.1 Å². The molecule has 0 aliphatic carbocycles. The Hall–Kier alpha value is -2.49. The van der Waals surface area contributed by atoms with E-state index >= 15 is 0 Å². The molecule has 20 heavy (non-hydrogen) atoms. The van der Waals surface area contributed by atoms with Crippen LogP contribution in [-0.2, 0) is 6.61 Å². The number of hydrogen-bond acceptors (Lipinski definition) is 3. The largest absolute Gasteiger partial charge is 0.486 e. The molecular weight excluding hydrogens is 254 g/mol. The van der Waals surface area contributed by atoms with Crippen molar-refractivity contribution < 1.29 is 13.9 Å². The molecule has 0 spiro atoms. The minimum atomic E-state index is -0.258. The fourth-order valence-electron chi connectivity index (χ4n) is 1.69. The van der Waals surface area contributed by atoms with Gasteiger partial charge in [-0.3, -0.25) is 4.79 Å². The lowest BCUT2D eigenvalue weighted by atomic mass is 10.2. The molecule has 1 N–H and O–H groups in total. The lowest BCUT2D eigenvalue weighted by Crippen LogP contribution is -2.22. The van der Waals surface area contributed by atoms with Crippen LogP contribution in [0.2, 0.25) is 0 Å². The van der Waals surface area contributed by atoms with Gasteiger partial charge in [0.1, 0.15) is 18.1 Å². The second-order valence-electron chi connectivity index (χ2n) is 4.37. The van der Waals surface area contributed by atoms with Gasteiger partial charge in [0.15, 0.2) is 5.76 Å². The number of aryl methyl sites for hydroxylation is 1. The molecule has 0 unspecified atom stereocenters. The van der Waals surface area contributed by atoms with Crippen molar-refractivity contribution in [1.29, 1.82) is 0 Å². The fourth-order valence-corrected chi connectivity index (χ4v) is 1.69. The van der Waals surface area contributed by atoms with Gasteiger partial charge in [-0.05, 0) is 36.8 Å². The van der Waals surface area contributed by atoms with Crippen molar-refractivity contribution in [2.75, 3.05) is 6.54 Å². The number of amides is 1. The molecule has 4 nitrogen and oxygen atoms in total. The third kappa shape index (κ3) is 3.75. The topological polar surface area (TPSA) is 51.5 Å². The molecule has 2 rings (SSSR count). The molecule has 0 bridgehead atoms. The van der Waals surface area contributed by atoms with Gasteiger partial charge in [-0.15, -0.1) is 6.58 Å². The number of rotatable bonds is 6. The van der Waals surface area contributed by atoms with Crippen LogP contribution in [0, 0.1) is 6.92 Å². The van der Waals surface area contributed by atoms with Crippen LogP contribution in [0.25, 0.3) is 0 Å². The van der Waals surface area contributed by atoms with E-state index in [1.807, 2.05) is 31.2 Å². The molecule has 0 radical (unpaired) electrons.